The van der Waals surface area contributed by atoms with Crippen molar-refractivity contribution in [1.82, 2.24) is 5.32 Å². The van der Waals surface area contributed by atoms with Crippen molar-refractivity contribution in [3.63, 3.8) is 0 Å². The summed E-state index contributed by atoms with van der Waals surface area (Å²) in [6.45, 7) is 1.87. The Bertz CT molecular complexity index is 533. The number of para-hydroxylation sites is 1. The van der Waals surface area contributed by atoms with Crippen LogP contribution in [0.15, 0.2) is 48.5 Å². The molecule has 4 heteroatoms. The average Bonchev–Trinajstić information content (AvgIpc) is 2.47. The van der Waals surface area contributed by atoms with Crippen LogP contribution in [0.3, 0.4) is 0 Å². The average molecular weight is 294 g/mol. The van der Waals surface area contributed by atoms with Crippen molar-refractivity contribution >= 4 is 11.6 Å². The minimum Gasteiger partial charge on any atom is -0.494 e. The van der Waals surface area contributed by atoms with E-state index in [-0.39, 0.29) is 5.82 Å². The molecule has 106 valence electrons. The van der Waals surface area contributed by atoms with Gasteiger partial charge in [-0.15, -0.1) is 0 Å². The standard InChI is InChI=1S/C16H17ClFNO/c17-14-7-8-16(18)13(11-14)12-19-9-4-10-20-15-5-2-1-3-6-15/h1-3,5-8,11,19H,4,9-10,12H2. The van der Waals surface area contributed by atoms with Gasteiger partial charge in [0.05, 0.1) is 6.61 Å². The summed E-state index contributed by atoms with van der Waals surface area (Å²) >= 11 is 5.83. The van der Waals surface area contributed by atoms with Gasteiger partial charge in [0.15, 0.2) is 0 Å². The number of hydrogen-bond acceptors (Lipinski definition) is 2. The van der Waals surface area contributed by atoms with Crippen LogP contribution in [0.5, 0.6) is 5.75 Å². The molecule has 0 saturated heterocycles. The molecule has 0 aliphatic rings. The van der Waals surface area contributed by atoms with Crippen LogP contribution in [0.4, 0.5) is 4.39 Å². The highest BCUT2D eigenvalue weighted by atomic mass is 35.5. The lowest BCUT2D eigenvalue weighted by Crippen LogP contribution is -2.17. The van der Waals surface area contributed by atoms with E-state index in [1.807, 2.05) is 30.3 Å². The molecule has 2 aromatic rings. The van der Waals surface area contributed by atoms with Gasteiger partial charge >= 0.3 is 0 Å². The van der Waals surface area contributed by atoms with Crippen molar-refractivity contribution in [3.05, 3.63) is 64.9 Å². The van der Waals surface area contributed by atoms with Crippen LogP contribution in [0, 0.1) is 5.82 Å². The van der Waals surface area contributed by atoms with Crippen LogP contribution in [0.25, 0.3) is 0 Å². The first-order valence-electron chi connectivity index (χ1n) is 6.58. The van der Waals surface area contributed by atoms with Crippen molar-refractivity contribution in [2.45, 2.75) is 13.0 Å². The fourth-order valence-corrected chi connectivity index (χ4v) is 2.00. The molecule has 0 saturated carbocycles. The third kappa shape index (κ3) is 4.83. The highest BCUT2D eigenvalue weighted by Gasteiger charge is 2.02. The third-order valence-electron chi connectivity index (χ3n) is 2.83. The summed E-state index contributed by atoms with van der Waals surface area (Å²) in [5.74, 6) is 0.635. The molecule has 0 aliphatic carbocycles. The molecule has 0 bridgehead atoms. The number of ether oxygens (including phenoxy) is 1. The van der Waals surface area contributed by atoms with Crippen molar-refractivity contribution in [1.29, 1.82) is 0 Å². The van der Waals surface area contributed by atoms with Crippen LogP contribution >= 0.6 is 11.6 Å². The van der Waals surface area contributed by atoms with E-state index in [1.165, 1.54) is 6.07 Å². The number of halogens is 2. The molecule has 2 rings (SSSR count). The van der Waals surface area contributed by atoms with Gasteiger partial charge in [-0.3, -0.25) is 0 Å². The van der Waals surface area contributed by atoms with Gasteiger partial charge in [0.25, 0.3) is 0 Å². The lowest BCUT2D eigenvalue weighted by atomic mass is 10.2. The van der Waals surface area contributed by atoms with E-state index in [0.717, 1.165) is 18.7 Å². The van der Waals surface area contributed by atoms with Crippen LogP contribution in [-0.4, -0.2) is 13.2 Å². The lowest BCUT2D eigenvalue weighted by molar-refractivity contribution is 0.308. The molecule has 2 aromatic carbocycles. The van der Waals surface area contributed by atoms with E-state index in [1.54, 1.807) is 12.1 Å². The Kier molecular flexibility index (Phi) is 5.84. The van der Waals surface area contributed by atoms with Crippen LogP contribution < -0.4 is 10.1 Å². The quantitative estimate of drug-likeness (QED) is 0.778. The molecular formula is C16H17ClFNO. The summed E-state index contributed by atoms with van der Waals surface area (Å²) in [4.78, 5) is 0. The molecule has 0 amide bonds. The Labute approximate surface area is 123 Å². The molecule has 0 atom stereocenters. The molecule has 1 N–H and O–H groups in total. The van der Waals surface area contributed by atoms with E-state index in [0.29, 0.717) is 23.7 Å². The molecule has 0 spiro atoms. The minimum atomic E-state index is -0.234. The van der Waals surface area contributed by atoms with Crippen LogP contribution in [-0.2, 0) is 6.54 Å². The first kappa shape index (κ1) is 14.8. The number of benzene rings is 2. The summed E-state index contributed by atoms with van der Waals surface area (Å²) in [5.41, 5.74) is 0.585. The van der Waals surface area contributed by atoms with Gasteiger partial charge in [-0.1, -0.05) is 29.8 Å². The SMILES string of the molecule is Fc1ccc(Cl)cc1CNCCCOc1ccccc1. The number of rotatable bonds is 7. The maximum Gasteiger partial charge on any atom is 0.127 e. The zero-order valence-electron chi connectivity index (χ0n) is 11.1. The van der Waals surface area contributed by atoms with Crippen LogP contribution in [0.2, 0.25) is 5.02 Å². The Morgan fingerprint density at radius 1 is 1.10 bits per heavy atom. The second-order valence-corrected chi connectivity index (χ2v) is 4.86. The largest absolute Gasteiger partial charge is 0.494 e. The van der Waals surface area contributed by atoms with Crippen LogP contribution in [0.1, 0.15) is 12.0 Å². The molecule has 0 radical (unpaired) electrons. The molecule has 0 aromatic heterocycles. The van der Waals surface area contributed by atoms with Gasteiger partial charge < -0.3 is 10.1 Å². The van der Waals surface area contributed by atoms with Gasteiger partial charge in [-0.05, 0) is 43.3 Å². The van der Waals surface area contributed by atoms with E-state index in [9.17, 15) is 4.39 Å². The normalized spacial score (nSPS) is 10.5. The maximum absolute atomic E-state index is 13.4. The molecule has 0 fully saturated rings. The third-order valence-corrected chi connectivity index (χ3v) is 3.07. The molecule has 0 heterocycles. The molecule has 0 unspecified atom stereocenters. The Morgan fingerprint density at radius 2 is 1.90 bits per heavy atom. The van der Waals surface area contributed by atoms with E-state index >= 15 is 0 Å². The van der Waals surface area contributed by atoms with E-state index in [2.05, 4.69) is 5.32 Å². The fourth-order valence-electron chi connectivity index (χ4n) is 1.81. The highest BCUT2D eigenvalue weighted by molar-refractivity contribution is 6.30. The predicted octanol–water partition coefficient (Wildman–Crippen LogP) is 4.04. The predicted molar refractivity (Wildman–Crippen MR) is 79.7 cm³/mol. The zero-order chi connectivity index (χ0) is 14.2. The molecule has 2 nitrogen and oxygen atoms in total. The van der Waals surface area contributed by atoms with Crippen molar-refractivity contribution in [2.75, 3.05) is 13.2 Å². The van der Waals surface area contributed by atoms with Gasteiger partial charge in [0.1, 0.15) is 11.6 Å². The number of hydrogen-bond donors (Lipinski definition) is 1. The summed E-state index contributed by atoms with van der Waals surface area (Å²) in [7, 11) is 0. The maximum atomic E-state index is 13.4. The Hall–Kier alpha value is -1.58. The molecular weight excluding hydrogens is 277 g/mol. The van der Waals surface area contributed by atoms with E-state index in [4.69, 9.17) is 16.3 Å². The van der Waals surface area contributed by atoms with Gasteiger partial charge in [-0.25, -0.2) is 4.39 Å². The first-order chi connectivity index (χ1) is 9.75. The Balaban J connectivity index is 1.63. The van der Waals surface area contributed by atoms with Crippen molar-refractivity contribution in [3.8, 4) is 5.75 Å². The monoisotopic (exact) mass is 293 g/mol. The van der Waals surface area contributed by atoms with Gasteiger partial charge in [0, 0.05) is 17.1 Å². The van der Waals surface area contributed by atoms with E-state index < -0.39 is 0 Å². The summed E-state index contributed by atoms with van der Waals surface area (Å²) < 4.78 is 19.0. The summed E-state index contributed by atoms with van der Waals surface area (Å²) in [6, 6.07) is 14.3. The second-order valence-electron chi connectivity index (χ2n) is 4.43. The number of nitrogens with one attached hydrogen (secondary N) is 1. The topological polar surface area (TPSA) is 21.3 Å². The van der Waals surface area contributed by atoms with Crippen molar-refractivity contribution < 1.29 is 9.13 Å². The smallest absolute Gasteiger partial charge is 0.127 e. The zero-order valence-corrected chi connectivity index (χ0v) is 11.9. The molecule has 0 aliphatic heterocycles. The van der Waals surface area contributed by atoms with Gasteiger partial charge in [-0.2, -0.15) is 0 Å². The highest BCUT2D eigenvalue weighted by Crippen LogP contribution is 2.14. The summed E-state index contributed by atoms with van der Waals surface area (Å²) in [6.07, 6.45) is 0.858. The van der Waals surface area contributed by atoms with Crippen molar-refractivity contribution in [2.24, 2.45) is 0 Å². The summed E-state index contributed by atoms with van der Waals surface area (Å²) in [5, 5.41) is 3.73. The Morgan fingerprint density at radius 3 is 2.70 bits per heavy atom. The second kappa shape index (κ2) is 7.88. The minimum absolute atomic E-state index is 0.234. The first-order valence-corrected chi connectivity index (χ1v) is 6.96. The van der Waals surface area contributed by atoms with Gasteiger partial charge in [0.2, 0.25) is 0 Å². The lowest BCUT2D eigenvalue weighted by Gasteiger charge is -2.08. The fraction of sp³-hybridized carbons (Fsp3) is 0.250. The molecule has 20 heavy (non-hydrogen) atoms.